The number of aryl methyl sites for hydroxylation is 1. The molecule has 0 aliphatic carbocycles. The van der Waals surface area contributed by atoms with Crippen LogP contribution < -0.4 is 9.46 Å². The molecular formula is C19H29NO5S. The SMILES string of the molecule is CCC1(CC)CC(CC(=O)OCNS(=O)(=O)CC)c2cc(C)ccc2O1. The van der Waals surface area contributed by atoms with E-state index in [0.29, 0.717) is 0 Å². The summed E-state index contributed by atoms with van der Waals surface area (Å²) in [5, 5.41) is 0. The number of hydrogen-bond donors (Lipinski definition) is 1. The zero-order chi connectivity index (χ0) is 19.4. The van der Waals surface area contributed by atoms with Gasteiger partial charge in [0.15, 0.2) is 6.73 Å². The van der Waals surface area contributed by atoms with Crippen LogP contribution in [0.2, 0.25) is 0 Å². The van der Waals surface area contributed by atoms with Gasteiger partial charge in [0.05, 0.1) is 12.2 Å². The number of rotatable bonds is 8. The predicted molar refractivity (Wildman–Crippen MR) is 101 cm³/mol. The molecule has 1 aliphatic rings. The topological polar surface area (TPSA) is 81.7 Å². The van der Waals surface area contributed by atoms with E-state index in [0.717, 1.165) is 36.1 Å². The van der Waals surface area contributed by atoms with Crippen molar-refractivity contribution in [3.63, 3.8) is 0 Å². The molecule has 1 atom stereocenters. The number of hydrogen-bond acceptors (Lipinski definition) is 5. The third kappa shape index (κ3) is 4.98. The van der Waals surface area contributed by atoms with Gasteiger partial charge in [0.1, 0.15) is 11.4 Å². The van der Waals surface area contributed by atoms with Crippen LogP contribution in [0.5, 0.6) is 5.75 Å². The fourth-order valence-electron chi connectivity index (χ4n) is 3.34. The van der Waals surface area contributed by atoms with E-state index in [1.54, 1.807) is 0 Å². The largest absolute Gasteiger partial charge is 0.487 e. The lowest BCUT2D eigenvalue weighted by atomic mass is 9.78. The van der Waals surface area contributed by atoms with Crippen LogP contribution in [0, 0.1) is 6.92 Å². The summed E-state index contributed by atoms with van der Waals surface area (Å²) in [6.45, 7) is 7.40. The zero-order valence-electron chi connectivity index (χ0n) is 16.0. The van der Waals surface area contributed by atoms with Crippen molar-refractivity contribution < 1.29 is 22.7 Å². The highest BCUT2D eigenvalue weighted by molar-refractivity contribution is 7.89. The second kappa shape index (κ2) is 8.39. The van der Waals surface area contributed by atoms with E-state index in [1.165, 1.54) is 6.92 Å². The fraction of sp³-hybridized carbons (Fsp3) is 0.632. The van der Waals surface area contributed by atoms with E-state index in [9.17, 15) is 13.2 Å². The van der Waals surface area contributed by atoms with Crippen molar-refractivity contribution in [2.45, 2.75) is 64.9 Å². The molecule has 1 aromatic carbocycles. The van der Waals surface area contributed by atoms with Crippen molar-refractivity contribution in [2.75, 3.05) is 12.5 Å². The summed E-state index contributed by atoms with van der Waals surface area (Å²) >= 11 is 0. The molecule has 0 spiro atoms. The van der Waals surface area contributed by atoms with Gasteiger partial charge in [-0.2, -0.15) is 4.72 Å². The Balaban J connectivity index is 2.11. The number of carbonyl (C=O) groups excluding carboxylic acids is 1. The Morgan fingerprint density at radius 2 is 2.00 bits per heavy atom. The summed E-state index contributed by atoms with van der Waals surface area (Å²) in [6, 6.07) is 6.04. The number of esters is 1. The predicted octanol–water partition coefficient (Wildman–Crippen LogP) is 3.25. The number of fused-ring (bicyclic) bond motifs is 1. The highest BCUT2D eigenvalue weighted by Crippen LogP contribution is 2.45. The van der Waals surface area contributed by atoms with Gasteiger partial charge < -0.3 is 9.47 Å². The van der Waals surface area contributed by atoms with Gasteiger partial charge >= 0.3 is 5.97 Å². The first-order valence-electron chi connectivity index (χ1n) is 9.16. The molecule has 1 unspecified atom stereocenters. The normalized spacial score (nSPS) is 18.7. The maximum absolute atomic E-state index is 12.3. The lowest BCUT2D eigenvalue weighted by molar-refractivity contribution is -0.144. The van der Waals surface area contributed by atoms with E-state index in [1.807, 2.05) is 19.1 Å². The first kappa shape index (κ1) is 20.7. The summed E-state index contributed by atoms with van der Waals surface area (Å²) in [4.78, 5) is 12.3. The summed E-state index contributed by atoms with van der Waals surface area (Å²) in [6.07, 6.45) is 2.67. The quantitative estimate of drug-likeness (QED) is 0.550. The van der Waals surface area contributed by atoms with Gasteiger partial charge in [0, 0.05) is 5.92 Å². The Labute approximate surface area is 156 Å². The van der Waals surface area contributed by atoms with Crippen molar-refractivity contribution in [1.82, 2.24) is 4.72 Å². The summed E-state index contributed by atoms with van der Waals surface area (Å²) in [7, 11) is -3.38. The van der Waals surface area contributed by atoms with Crippen LogP contribution in [-0.4, -0.2) is 32.5 Å². The van der Waals surface area contributed by atoms with E-state index in [4.69, 9.17) is 9.47 Å². The molecule has 0 amide bonds. The van der Waals surface area contributed by atoms with Crippen LogP contribution in [0.15, 0.2) is 18.2 Å². The monoisotopic (exact) mass is 383 g/mol. The lowest BCUT2D eigenvalue weighted by Gasteiger charge is -2.41. The van der Waals surface area contributed by atoms with Gasteiger partial charge in [-0.05, 0) is 44.7 Å². The molecule has 26 heavy (non-hydrogen) atoms. The van der Waals surface area contributed by atoms with Crippen molar-refractivity contribution in [2.24, 2.45) is 0 Å². The van der Waals surface area contributed by atoms with Crippen molar-refractivity contribution in [3.05, 3.63) is 29.3 Å². The highest BCUT2D eigenvalue weighted by Gasteiger charge is 2.39. The standard InChI is InChI=1S/C19H29NO5S/c1-5-19(6-2)12-15(16-10-14(4)8-9-17(16)25-19)11-18(21)24-13-20-26(22,23)7-3/h8-10,15,20H,5-7,11-13H2,1-4H3. The molecule has 146 valence electrons. The minimum atomic E-state index is -3.38. The van der Waals surface area contributed by atoms with Gasteiger partial charge in [-0.1, -0.05) is 31.5 Å². The minimum absolute atomic E-state index is 0.00571. The lowest BCUT2D eigenvalue weighted by Crippen LogP contribution is -2.40. The molecule has 0 saturated carbocycles. The molecule has 1 N–H and O–H groups in total. The van der Waals surface area contributed by atoms with Gasteiger partial charge in [0.25, 0.3) is 0 Å². The number of nitrogens with one attached hydrogen (secondary N) is 1. The average molecular weight is 384 g/mol. The minimum Gasteiger partial charge on any atom is -0.487 e. The molecular weight excluding hydrogens is 354 g/mol. The second-order valence-electron chi connectivity index (χ2n) is 6.85. The Morgan fingerprint density at radius 1 is 1.31 bits per heavy atom. The number of ether oxygens (including phenoxy) is 2. The van der Waals surface area contributed by atoms with E-state index >= 15 is 0 Å². The summed E-state index contributed by atoms with van der Waals surface area (Å²) in [5.41, 5.74) is 1.85. The Hall–Kier alpha value is -1.60. The van der Waals surface area contributed by atoms with E-state index in [2.05, 4.69) is 24.6 Å². The van der Waals surface area contributed by atoms with Crippen LogP contribution in [-0.2, 0) is 19.6 Å². The molecule has 1 aliphatic heterocycles. The van der Waals surface area contributed by atoms with Crippen molar-refractivity contribution >= 4 is 16.0 Å². The average Bonchev–Trinajstić information content (AvgIpc) is 2.61. The third-order valence-electron chi connectivity index (χ3n) is 5.14. The van der Waals surface area contributed by atoms with Crippen LogP contribution in [0.3, 0.4) is 0 Å². The Kier molecular flexibility index (Phi) is 6.69. The maximum Gasteiger partial charge on any atom is 0.307 e. The van der Waals surface area contributed by atoms with Gasteiger partial charge in [0.2, 0.25) is 10.0 Å². The first-order valence-corrected chi connectivity index (χ1v) is 10.8. The number of carbonyl (C=O) groups is 1. The van der Waals surface area contributed by atoms with Gasteiger partial charge in [-0.3, -0.25) is 4.79 Å². The molecule has 0 aromatic heterocycles. The van der Waals surface area contributed by atoms with Crippen LogP contribution in [0.1, 0.15) is 63.5 Å². The molecule has 0 bridgehead atoms. The Bertz CT molecular complexity index is 740. The molecule has 1 aromatic rings. The number of benzene rings is 1. The molecule has 0 saturated heterocycles. The summed E-state index contributed by atoms with van der Waals surface area (Å²) < 4.78 is 36.5. The van der Waals surface area contributed by atoms with Crippen LogP contribution in [0.25, 0.3) is 0 Å². The maximum atomic E-state index is 12.3. The van der Waals surface area contributed by atoms with Gasteiger partial charge in [-0.15, -0.1) is 0 Å². The molecule has 0 fully saturated rings. The molecule has 7 heteroatoms. The van der Waals surface area contributed by atoms with Crippen molar-refractivity contribution in [3.8, 4) is 5.75 Å². The van der Waals surface area contributed by atoms with Gasteiger partial charge in [-0.25, -0.2) is 8.42 Å². The smallest absolute Gasteiger partial charge is 0.307 e. The van der Waals surface area contributed by atoms with E-state index in [-0.39, 0.29) is 30.4 Å². The van der Waals surface area contributed by atoms with Crippen LogP contribution >= 0.6 is 0 Å². The molecule has 0 radical (unpaired) electrons. The van der Waals surface area contributed by atoms with Crippen LogP contribution in [0.4, 0.5) is 0 Å². The Morgan fingerprint density at radius 3 is 2.62 bits per heavy atom. The molecule has 1 heterocycles. The summed E-state index contributed by atoms with van der Waals surface area (Å²) in [5.74, 6) is 0.361. The van der Waals surface area contributed by atoms with Crippen molar-refractivity contribution in [1.29, 1.82) is 0 Å². The molecule has 2 rings (SSSR count). The zero-order valence-corrected chi connectivity index (χ0v) is 16.8. The molecule has 6 nitrogen and oxygen atoms in total. The second-order valence-corrected chi connectivity index (χ2v) is 8.94. The number of sulfonamides is 1. The fourth-order valence-corrected chi connectivity index (χ4v) is 3.78. The third-order valence-corrected chi connectivity index (χ3v) is 6.46. The van der Waals surface area contributed by atoms with E-state index < -0.39 is 16.0 Å². The first-order chi connectivity index (χ1) is 12.2. The highest BCUT2D eigenvalue weighted by atomic mass is 32.2.